The molecule has 4 aromatic rings. The van der Waals surface area contributed by atoms with E-state index in [4.69, 9.17) is 28.2 Å². The van der Waals surface area contributed by atoms with Crippen LogP contribution < -0.4 is 4.90 Å². The number of nitrogens with zero attached hydrogens (tertiary/aromatic N) is 2. The molecule has 3 aromatic carbocycles. The quantitative estimate of drug-likeness (QED) is 0.222. The van der Waals surface area contributed by atoms with Crippen molar-refractivity contribution in [2.75, 3.05) is 4.90 Å². The minimum atomic E-state index is 0.527. The maximum atomic E-state index is 6.18. The van der Waals surface area contributed by atoms with Gasteiger partial charge in [0.2, 0.25) is 0 Å². The highest BCUT2D eigenvalue weighted by Gasteiger charge is 2.24. The van der Waals surface area contributed by atoms with Crippen LogP contribution in [0.1, 0.15) is 44.9 Å². The van der Waals surface area contributed by atoms with Gasteiger partial charge in [0, 0.05) is 38.6 Å². The molecule has 2 aliphatic rings. The average Bonchev–Trinajstić information content (AvgIpc) is 2.99. The predicted octanol–water partition coefficient (Wildman–Crippen LogP) is 10.8. The summed E-state index contributed by atoms with van der Waals surface area (Å²) in [6.07, 6.45) is 15.5. The Labute approximate surface area is 241 Å². The molecule has 0 radical (unpaired) electrons. The van der Waals surface area contributed by atoms with Gasteiger partial charge >= 0.3 is 0 Å². The SMILES string of the molecule is Clc1ccc(-c2cc(-c3ccc(N(C4=CCCCC4)[C@@H]4CC=CCC4)cc3)cc(-c3ccc(Cl)cc3)n2)cc1. The van der Waals surface area contributed by atoms with Crippen molar-refractivity contribution >= 4 is 28.9 Å². The molecule has 1 aromatic heterocycles. The highest BCUT2D eigenvalue weighted by molar-refractivity contribution is 6.30. The van der Waals surface area contributed by atoms with E-state index >= 15 is 0 Å². The Morgan fingerprint density at radius 3 is 1.79 bits per heavy atom. The van der Waals surface area contributed by atoms with E-state index in [1.807, 2.05) is 48.5 Å². The fraction of sp³-hybridized carbons (Fsp3) is 0.229. The Kier molecular flexibility index (Phi) is 7.85. The molecule has 1 heterocycles. The fourth-order valence-electron chi connectivity index (χ4n) is 5.71. The first-order valence-electron chi connectivity index (χ1n) is 13.9. The number of rotatable bonds is 6. The summed E-state index contributed by atoms with van der Waals surface area (Å²) in [4.78, 5) is 7.64. The Morgan fingerprint density at radius 1 is 0.641 bits per heavy atom. The molecule has 2 nitrogen and oxygen atoms in total. The molecule has 0 aliphatic heterocycles. The van der Waals surface area contributed by atoms with Gasteiger partial charge < -0.3 is 4.90 Å². The molecule has 6 rings (SSSR count). The van der Waals surface area contributed by atoms with Crippen LogP contribution in [0.15, 0.2) is 109 Å². The van der Waals surface area contributed by atoms with E-state index in [-0.39, 0.29) is 0 Å². The smallest absolute Gasteiger partial charge is 0.0715 e. The van der Waals surface area contributed by atoms with Crippen molar-refractivity contribution in [3.8, 4) is 33.6 Å². The largest absolute Gasteiger partial charge is 0.342 e. The zero-order valence-corrected chi connectivity index (χ0v) is 23.5. The van der Waals surface area contributed by atoms with Crippen LogP contribution in [-0.4, -0.2) is 11.0 Å². The van der Waals surface area contributed by atoms with E-state index in [1.165, 1.54) is 49.1 Å². The molecule has 0 unspecified atom stereocenters. The molecule has 0 amide bonds. The average molecular weight is 552 g/mol. The number of benzene rings is 3. The number of halogens is 2. The van der Waals surface area contributed by atoms with Gasteiger partial charge in [0.1, 0.15) is 0 Å². The van der Waals surface area contributed by atoms with Gasteiger partial charge in [-0.05, 0) is 105 Å². The number of hydrogen-bond donors (Lipinski definition) is 0. The maximum absolute atomic E-state index is 6.18. The summed E-state index contributed by atoms with van der Waals surface area (Å²) in [5.74, 6) is 0. The lowest BCUT2D eigenvalue weighted by molar-refractivity contribution is 0.550. The number of aromatic nitrogens is 1. The monoisotopic (exact) mass is 550 g/mol. The number of anilines is 1. The molecule has 196 valence electrons. The summed E-state index contributed by atoms with van der Waals surface area (Å²) >= 11 is 12.4. The summed E-state index contributed by atoms with van der Waals surface area (Å²) in [6.45, 7) is 0. The Morgan fingerprint density at radius 2 is 1.26 bits per heavy atom. The van der Waals surface area contributed by atoms with Crippen molar-refractivity contribution in [1.82, 2.24) is 4.98 Å². The summed E-state index contributed by atoms with van der Waals surface area (Å²) in [6, 6.07) is 29.7. The van der Waals surface area contributed by atoms with Crippen molar-refractivity contribution in [3.05, 3.63) is 119 Å². The van der Waals surface area contributed by atoms with E-state index in [0.29, 0.717) is 6.04 Å². The van der Waals surface area contributed by atoms with E-state index in [9.17, 15) is 0 Å². The van der Waals surface area contributed by atoms with Crippen molar-refractivity contribution < 1.29 is 0 Å². The van der Waals surface area contributed by atoms with E-state index in [0.717, 1.165) is 51.0 Å². The fourth-order valence-corrected chi connectivity index (χ4v) is 5.96. The first-order valence-corrected chi connectivity index (χ1v) is 14.7. The number of hydrogen-bond acceptors (Lipinski definition) is 2. The van der Waals surface area contributed by atoms with Gasteiger partial charge in [-0.15, -0.1) is 0 Å². The summed E-state index contributed by atoms with van der Waals surface area (Å²) in [7, 11) is 0. The molecule has 39 heavy (non-hydrogen) atoms. The van der Waals surface area contributed by atoms with Crippen LogP contribution in [0.4, 0.5) is 5.69 Å². The summed E-state index contributed by atoms with van der Waals surface area (Å²) < 4.78 is 0. The zero-order chi connectivity index (χ0) is 26.6. The molecule has 0 fully saturated rings. The second kappa shape index (κ2) is 11.8. The van der Waals surface area contributed by atoms with Gasteiger partial charge in [-0.2, -0.15) is 0 Å². The lowest BCUT2D eigenvalue weighted by atomic mass is 9.95. The van der Waals surface area contributed by atoms with E-state index in [2.05, 4.69) is 59.5 Å². The van der Waals surface area contributed by atoms with Gasteiger partial charge in [-0.1, -0.05) is 77.8 Å². The second-order valence-corrected chi connectivity index (χ2v) is 11.3. The van der Waals surface area contributed by atoms with Crippen LogP contribution in [0.2, 0.25) is 10.0 Å². The Hall–Kier alpha value is -3.33. The number of allylic oxidation sites excluding steroid dienone is 3. The van der Waals surface area contributed by atoms with Crippen molar-refractivity contribution in [2.24, 2.45) is 0 Å². The predicted molar refractivity (Wildman–Crippen MR) is 166 cm³/mol. The van der Waals surface area contributed by atoms with E-state index < -0.39 is 0 Å². The second-order valence-electron chi connectivity index (χ2n) is 10.4. The van der Waals surface area contributed by atoms with Gasteiger partial charge in [0.15, 0.2) is 0 Å². The maximum Gasteiger partial charge on any atom is 0.0715 e. The Bertz CT molecular complexity index is 1420. The third-order valence-electron chi connectivity index (χ3n) is 7.77. The van der Waals surface area contributed by atoms with Gasteiger partial charge in [0.25, 0.3) is 0 Å². The van der Waals surface area contributed by atoms with Crippen LogP contribution in [0.5, 0.6) is 0 Å². The summed E-state index contributed by atoms with van der Waals surface area (Å²) in [5.41, 5.74) is 9.00. The molecule has 0 spiro atoms. The molecule has 0 saturated carbocycles. The van der Waals surface area contributed by atoms with E-state index in [1.54, 1.807) is 0 Å². The first kappa shape index (κ1) is 25.9. The van der Waals surface area contributed by atoms with Crippen molar-refractivity contribution in [2.45, 2.75) is 51.0 Å². The molecule has 2 aliphatic carbocycles. The molecule has 0 bridgehead atoms. The van der Waals surface area contributed by atoms with Gasteiger partial charge in [0.05, 0.1) is 11.4 Å². The normalized spacial score (nSPS) is 17.1. The summed E-state index contributed by atoms with van der Waals surface area (Å²) in [5, 5.41) is 1.43. The van der Waals surface area contributed by atoms with Crippen LogP contribution in [0.3, 0.4) is 0 Å². The van der Waals surface area contributed by atoms with Gasteiger partial charge in [-0.25, -0.2) is 4.98 Å². The molecule has 1 atom stereocenters. The minimum Gasteiger partial charge on any atom is -0.342 e. The third-order valence-corrected chi connectivity index (χ3v) is 8.27. The number of pyridine rings is 1. The minimum absolute atomic E-state index is 0.527. The molecule has 0 saturated heterocycles. The molecular formula is C35H32Cl2N2. The van der Waals surface area contributed by atoms with Gasteiger partial charge in [-0.3, -0.25) is 0 Å². The molecule has 0 N–H and O–H groups in total. The highest BCUT2D eigenvalue weighted by Crippen LogP contribution is 2.36. The standard InChI is InChI=1S/C35H32Cl2N2/c36-29-17-11-26(12-18-29)34-23-28(24-35(38-34)27-13-19-30(37)20-14-27)25-15-21-33(22-16-25)39(31-7-3-1-4-8-31)32-9-5-2-6-10-32/h1,3,9,11-24,31H,2,4-8,10H2/t31-/m1/s1. The third kappa shape index (κ3) is 5.98. The van der Waals surface area contributed by atoms with Crippen LogP contribution in [-0.2, 0) is 0 Å². The van der Waals surface area contributed by atoms with Crippen molar-refractivity contribution in [3.63, 3.8) is 0 Å². The van der Waals surface area contributed by atoms with Crippen LogP contribution >= 0.6 is 23.2 Å². The molecule has 4 heteroatoms. The first-order chi connectivity index (χ1) is 19.1. The van der Waals surface area contributed by atoms with Crippen LogP contribution in [0, 0.1) is 0 Å². The van der Waals surface area contributed by atoms with Crippen LogP contribution in [0.25, 0.3) is 33.6 Å². The lowest BCUT2D eigenvalue weighted by Gasteiger charge is -2.37. The molecular weight excluding hydrogens is 519 g/mol. The topological polar surface area (TPSA) is 16.1 Å². The lowest BCUT2D eigenvalue weighted by Crippen LogP contribution is -2.35. The zero-order valence-electron chi connectivity index (χ0n) is 22.0. The van der Waals surface area contributed by atoms with Crippen molar-refractivity contribution in [1.29, 1.82) is 0 Å². The Balaban J connectivity index is 1.39. The highest BCUT2D eigenvalue weighted by atomic mass is 35.5.